The number of amides is 2. The predicted molar refractivity (Wildman–Crippen MR) is 197 cm³/mol. The number of nitrogens with one attached hydrogen (secondary N) is 2. The molecule has 0 fully saturated rings. The lowest BCUT2D eigenvalue weighted by molar-refractivity contribution is 0.101. The summed E-state index contributed by atoms with van der Waals surface area (Å²) in [6.07, 6.45) is 0. The quantitative estimate of drug-likeness (QED) is 0.116. The van der Waals surface area contributed by atoms with E-state index in [-0.39, 0.29) is 49.6 Å². The van der Waals surface area contributed by atoms with Crippen LogP contribution in [0.1, 0.15) is 26.3 Å². The number of fused-ring (bicyclic) bond motifs is 2. The maximum atomic E-state index is 13.2. The molecule has 0 bridgehead atoms. The van der Waals surface area contributed by atoms with Gasteiger partial charge in [-0.1, -0.05) is 96.3 Å². The first-order valence-electron chi connectivity index (χ1n) is 15.5. The van der Waals surface area contributed by atoms with E-state index >= 15 is 0 Å². The van der Waals surface area contributed by atoms with E-state index in [4.69, 9.17) is 0 Å². The van der Waals surface area contributed by atoms with E-state index in [2.05, 4.69) is 37.2 Å². The fourth-order valence-corrected chi connectivity index (χ4v) is 6.14. The number of rotatable bonds is 8. The maximum Gasteiger partial charge on any atom is 0.259 e. The van der Waals surface area contributed by atoms with Crippen molar-refractivity contribution in [2.24, 2.45) is 20.5 Å². The fourth-order valence-electron chi connectivity index (χ4n) is 5.39. The highest BCUT2D eigenvalue weighted by Crippen LogP contribution is 2.44. The normalized spacial score (nSPS) is 11.3. The molecule has 1 aromatic heterocycles. The minimum atomic E-state index is -0.533. The van der Waals surface area contributed by atoms with Crippen LogP contribution < -0.4 is 10.6 Å². The molecule has 51 heavy (non-hydrogen) atoms. The number of benzene rings is 6. The van der Waals surface area contributed by atoms with Crippen molar-refractivity contribution in [3.05, 3.63) is 144 Å². The van der Waals surface area contributed by atoms with Crippen LogP contribution >= 0.6 is 11.3 Å². The van der Waals surface area contributed by atoms with Crippen LogP contribution in [-0.4, -0.2) is 22.0 Å². The lowest BCUT2D eigenvalue weighted by Crippen LogP contribution is -2.12. The highest BCUT2D eigenvalue weighted by Gasteiger charge is 2.21. The summed E-state index contributed by atoms with van der Waals surface area (Å²) >= 11 is 1.00. The zero-order valence-corrected chi connectivity index (χ0v) is 27.3. The Bertz CT molecular complexity index is 2560. The maximum absolute atomic E-state index is 13.2. The number of anilines is 2. The molecule has 0 saturated carbocycles. The van der Waals surface area contributed by atoms with E-state index in [9.17, 15) is 25.1 Å². The van der Waals surface area contributed by atoms with E-state index in [1.807, 2.05) is 12.1 Å². The number of phenolic OH excluding ortho intramolecular Hbond substituents is 2. The van der Waals surface area contributed by atoms with Crippen LogP contribution in [-0.2, 0) is 0 Å². The lowest BCUT2D eigenvalue weighted by atomic mass is 10.0. The summed E-state index contributed by atoms with van der Waals surface area (Å²) in [4.78, 5) is 26.4. The molecule has 7 aromatic rings. The molecule has 0 aliphatic carbocycles. The van der Waals surface area contributed by atoms with Gasteiger partial charge in [0.1, 0.15) is 22.4 Å². The summed E-state index contributed by atoms with van der Waals surface area (Å²) < 4.78 is 0. The SMILES string of the molecule is N#Cc1cc(N=Nc2c(O)c(C(=O)Nc3ccccc3)cc3ccccc23)sc1N=Nc1c(O)c(C(=O)Nc2ccccc2)cc2ccccc12. The monoisotopic (exact) mass is 687 g/mol. The van der Waals surface area contributed by atoms with Gasteiger partial charge in [-0.05, 0) is 53.2 Å². The molecule has 12 heteroatoms. The average molecular weight is 688 g/mol. The van der Waals surface area contributed by atoms with Gasteiger partial charge in [0.2, 0.25) is 0 Å². The van der Waals surface area contributed by atoms with Gasteiger partial charge in [-0.3, -0.25) is 9.59 Å². The molecule has 246 valence electrons. The number of carbonyl (C=O) groups excluding carboxylic acids is 2. The van der Waals surface area contributed by atoms with Crippen molar-refractivity contribution in [3.8, 4) is 17.6 Å². The summed E-state index contributed by atoms with van der Waals surface area (Å²) in [5.74, 6) is -1.79. The van der Waals surface area contributed by atoms with Gasteiger partial charge in [0.15, 0.2) is 16.5 Å². The van der Waals surface area contributed by atoms with E-state index in [1.165, 1.54) is 6.07 Å². The standard InChI is InChI=1S/C39H25N7O4S/c40-22-25-21-32(43-44-33-28-17-9-7-11-23(28)19-30(35(33)47)37(49)41-26-13-3-1-4-14-26)51-39(25)46-45-34-29-18-10-8-12-24(29)20-31(36(34)48)38(50)42-27-15-5-2-6-16-27/h1-21,47-48H,(H,41,49)(H,42,50). The largest absolute Gasteiger partial charge is 0.505 e. The highest BCUT2D eigenvalue weighted by atomic mass is 32.1. The second-order valence-electron chi connectivity index (χ2n) is 11.1. The van der Waals surface area contributed by atoms with Crippen molar-refractivity contribution in [1.82, 2.24) is 0 Å². The van der Waals surface area contributed by atoms with Gasteiger partial charge in [0.05, 0.1) is 16.7 Å². The molecule has 11 nitrogen and oxygen atoms in total. The zero-order chi connectivity index (χ0) is 35.3. The Morgan fingerprint density at radius 2 is 1.04 bits per heavy atom. The summed E-state index contributed by atoms with van der Waals surface area (Å²) in [6.45, 7) is 0. The Balaban J connectivity index is 1.22. The number of nitriles is 1. The van der Waals surface area contributed by atoms with Crippen LogP contribution in [0.4, 0.5) is 32.8 Å². The molecule has 0 aliphatic heterocycles. The number of para-hydroxylation sites is 2. The minimum absolute atomic E-state index is 0.000562. The third-order valence-electron chi connectivity index (χ3n) is 7.85. The van der Waals surface area contributed by atoms with Crippen molar-refractivity contribution in [1.29, 1.82) is 5.26 Å². The van der Waals surface area contributed by atoms with E-state index in [0.29, 0.717) is 32.9 Å². The summed E-state index contributed by atoms with van der Waals surface area (Å²) in [7, 11) is 0. The van der Waals surface area contributed by atoms with Gasteiger partial charge in [0.25, 0.3) is 11.8 Å². The highest BCUT2D eigenvalue weighted by molar-refractivity contribution is 7.19. The van der Waals surface area contributed by atoms with Crippen LogP contribution in [0.15, 0.2) is 148 Å². The first-order valence-corrected chi connectivity index (χ1v) is 16.3. The van der Waals surface area contributed by atoms with E-state index in [0.717, 1.165) is 11.3 Å². The Hall–Kier alpha value is -7.23. The summed E-state index contributed by atoms with van der Waals surface area (Å²) in [6, 6.07) is 38.7. The third kappa shape index (κ3) is 6.73. The first kappa shape index (κ1) is 32.3. The van der Waals surface area contributed by atoms with Gasteiger partial charge < -0.3 is 20.8 Å². The van der Waals surface area contributed by atoms with Gasteiger partial charge in [0, 0.05) is 22.1 Å². The number of hydrogen-bond donors (Lipinski definition) is 4. The van der Waals surface area contributed by atoms with Crippen LogP contribution in [0.5, 0.6) is 11.5 Å². The van der Waals surface area contributed by atoms with Gasteiger partial charge in [-0.15, -0.1) is 20.5 Å². The van der Waals surface area contributed by atoms with E-state index < -0.39 is 11.8 Å². The molecular weight excluding hydrogens is 663 g/mol. The number of nitrogens with zero attached hydrogens (tertiary/aromatic N) is 5. The summed E-state index contributed by atoms with van der Waals surface area (Å²) in [5, 5.41) is 58.0. The van der Waals surface area contributed by atoms with Gasteiger partial charge >= 0.3 is 0 Å². The molecule has 0 radical (unpaired) electrons. The topological polar surface area (TPSA) is 172 Å². The Labute approximate surface area is 294 Å². The number of hydrogen-bond acceptors (Lipinski definition) is 10. The lowest BCUT2D eigenvalue weighted by Gasteiger charge is -2.11. The Morgan fingerprint density at radius 3 is 1.53 bits per heavy atom. The fraction of sp³-hybridized carbons (Fsp3) is 0. The van der Waals surface area contributed by atoms with Crippen molar-refractivity contribution < 1.29 is 19.8 Å². The number of thiophene rings is 1. The van der Waals surface area contributed by atoms with Crippen molar-refractivity contribution >= 4 is 77.4 Å². The zero-order valence-electron chi connectivity index (χ0n) is 26.5. The number of aromatic hydroxyl groups is 2. The third-order valence-corrected chi connectivity index (χ3v) is 8.76. The van der Waals surface area contributed by atoms with Crippen molar-refractivity contribution in [2.75, 3.05) is 10.6 Å². The molecule has 0 spiro atoms. The predicted octanol–water partition coefficient (Wildman–Crippen LogP) is 10.7. The second-order valence-corrected chi connectivity index (χ2v) is 12.1. The molecule has 2 amide bonds. The van der Waals surface area contributed by atoms with Crippen LogP contribution in [0.25, 0.3) is 21.5 Å². The molecule has 0 saturated heterocycles. The molecule has 1 heterocycles. The first-order chi connectivity index (χ1) is 24.9. The number of carbonyl (C=O) groups is 2. The van der Waals surface area contributed by atoms with Crippen molar-refractivity contribution in [3.63, 3.8) is 0 Å². The van der Waals surface area contributed by atoms with Crippen LogP contribution in [0, 0.1) is 11.3 Å². The Morgan fingerprint density at radius 1 is 0.588 bits per heavy atom. The molecule has 0 aliphatic rings. The Kier molecular flexibility index (Phi) is 8.93. The molecule has 4 N–H and O–H groups in total. The van der Waals surface area contributed by atoms with E-state index in [1.54, 1.807) is 109 Å². The molecular formula is C39H25N7O4S. The molecule has 7 rings (SSSR count). The van der Waals surface area contributed by atoms with Gasteiger partial charge in [-0.25, -0.2) is 0 Å². The second kappa shape index (κ2) is 14.1. The smallest absolute Gasteiger partial charge is 0.259 e. The number of azo groups is 2. The average Bonchev–Trinajstić information content (AvgIpc) is 3.56. The van der Waals surface area contributed by atoms with Crippen molar-refractivity contribution in [2.45, 2.75) is 0 Å². The molecule has 6 aromatic carbocycles. The number of phenols is 2. The minimum Gasteiger partial charge on any atom is -0.505 e. The summed E-state index contributed by atoms with van der Waals surface area (Å²) in [5.41, 5.74) is 1.39. The molecule has 0 unspecified atom stereocenters. The van der Waals surface area contributed by atoms with Crippen LogP contribution in [0.3, 0.4) is 0 Å². The molecule has 0 atom stereocenters. The van der Waals surface area contributed by atoms with Crippen LogP contribution in [0.2, 0.25) is 0 Å². The van der Waals surface area contributed by atoms with Gasteiger partial charge in [-0.2, -0.15) is 5.26 Å².